The first kappa shape index (κ1) is 16.1. The van der Waals surface area contributed by atoms with E-state index in [0.29, 0.717) is 19.8 Å². The number of methoxy groups -OCH3 is 1. The maximum absolute atomic E-state index is 12.1. The number of benzene rings is 1. The Kier molecular flexibility index (Phi) is 4.76. The Bertz CT molecular complexity index is 574. The van der Waals surface area contributed by atoms with Crippen LogP contribution in [0.15, 0.2) is 18.2 Å². The number of hydrogen-bond donors (Lipinski definition) is 0. The molecule has 1 aromatic rings. The second-order valence-electron chi connectivity index (χ2n) is 6.84. The molecule has 2 aliphatic heterocycles. The summed E-state index contributed by atoms with van der Waals surface area (Å²) in [6.45, 7) is 4.86. The summed E-state index contributed by atoms with van der Waals surface area (Å²) in [6.07, 6.45) is 3.40. The van der Waals surface area contributed by atoms with Gasteiger partial charge in [-0.05, 0) is 42.4 Å². The summed E-state index contributed by atoms with van der Waals surface area (Å²) in [5.74, 6) is 1.91. The molecule has 0 aromatic heterocycles. The first-order chi connectivity index (χ1) is 11.1. The van der Waals surface area contributed by atoms with Crippen molar-refractivity contribution in [1.29, 1.82) is 0 Å². The maximum Gasteiger partial charge on any atom is 0.231 e. The minimum atomic E-state index is 0.106. The molecule has 0 bridgehead atoms. The van der Waals surface area contributed by atoms with Gasteiger partial charge in [-0.15, -0.1) is 0 Å². The van der Waals surface area contributed by atoms with Crippen LogP contribution in [0.1, 0.15) is 31.7 Å². The number of likely N-dealkylation sites (tertiary alicyclic amines) is 1. The lowest BCUT2D eigenvalue weighted by Crippen LogP contribution is -2.46. The lowest BCUT2D eigenvalue weighted by Gasteiger charge is -2.40. The molecule has 1 amide bonds. The van der Waals surface area contributed by atoms with Crippen molar-refractivity contribution in [2.45, 2.75) is 32.6 Å². The fourth-order valence-electron chi connectivity index (χ4n) is 3.49. The SMILES string of the molecule is COCCCN1C[C@@](C)(Cc2ccc3c(c2)OCO3)CCC1=O. The first-order valence-electron chi connectivity index (χ1n) is 8.25. The van der Waals surface area contributed by atoms with Gasteiger partial charge in [0.2, 0.25) is 12.7 Å². The zero-order chi connectivity index (χ0) is 16.3. The van der Waals surface area contributed by atoms with Crippen LogP contribution in [0.4, 0.5) is 0 Å². The van der Waals surface area contributed by atoms with Gasteiger partial charge in [0.05, 0.1) is 0 Å². The van der Waals surface area contributed by atoms with Crippen molar-refractivity contribution >= 4 is 5.91 Å². The molecule has 5 heteroatoms. The van der Waals surface area contributed by atoms with Crippen molar-refractivity contribution in [2.24, 2.45) is 5.41 Å². The first-order valence-corrected chi connectivity index (χ1v) is 8.25. The third-order valence-electron chi connectivity index (χ3n) is 4.71. The van der Waals surface area contributed by atoms with E-state index >= 15 is 0 Å². The highest BCUT2D eigenvalue weighted by atomic mass is 16.7. The van der Waals surface area contributed by atoms with Gasteiger partial charge in [0, 0.05) is 33.2 Å². The molecule has 0 radical (unpaired) electrons. The molecule has 2 heterocycles. The molecule has 0 N–H and O–H groups in total. The highest BCUT2D eigenvalue weighted by Crippen LogP contribution is 2.37. The lowest BCUT2D eigenvalue weighted by molar-refractivity contribution is -0.137. The highest BCUT2D eigenvalue weighted by Gasteiger charge is 2.35. The van der Waals surface area contributed by atoms with Gasteiger partial charge in [-0.3, -0.25) is 4.79 Å². The Morgan fingerprint density at radius 3 is 2.96 bits per heavy atom. The minimum Gasteiger partial charge on any atom is -0.454 e. The molecule has 0 saturated carbocycles. The van der Waals surface area contributed by atoms with Gasteiger partial charge < -0.3 is 19.1 Å². The van der Waals surface area contributed by atoms with Crippen LogP contribution < -0.4 is 9.47 Å². The van der Waals surface area contributed by atoms with E-state index in [1.807, 2.05) is 11.0 Å². The minimum absolute atomic E-state index is 0.106. The third kappa shape index (κ3) is 3.78. The zero-order valence-corrected chi connectivity index (χ0v) is 14.0. The fourth-order valence-corrected chi connectivity index (χ4v) is 3.49. The number of carbonyl (C=O) groups is 1. The summed E-state index contributed by atoms with van der Waals surface area (Å²) in [4.78, 5) is 14.1. The van der Waals surface area contributed by atoms with Crippen molar-refractivity contribution in [1.82, 2.24) is 4.90 Å². The van der Waals surface area contributed by atoms with Crippen LogP contribution in [0.5, 0.6) is 11.5 Å². The number of carbonyl (C=O) groups excluding carboxylic acids is 1. The van der Waals surface area contributed by atoms with Gasteiger partial charge >= 0.3 is 0 Å². The van der Waals surface area contributed by atoms with Gasteiger partial charge in [-0.25, -0.2) is 0 Å². The molecule has 5 nitrogen and oxygen atoms in total. The van der Waals surface area contributed by atoms with Gasteiger partial charge in [0.25, 0.3) is 0 Å². The lowest BCUT2D eigenvalue weighted by atomic mass is 9.76. The highest BCUT2D eigenvalue weighted by molar-refractivity contribution is 5.77. The van der Waals surface area contributed by atoms with E-state index in [1.54, 1.807) is 7.11 Å². The van der Waals surface area contributed by atoms with Crippen LogP contribution in [0.25, 0.3) is 0 Å². The van der Waals surface area contributed by atoms with Crippen LogP contribution >= 0.6 is 0 Å². The van der Waals surface area contributed by atoms with E-state index in [2.05, 4.69) is 19.1 Å². The van der Waals surface area contributed by atoms with Crippen LogP contribution in [0.3, 0.4) is 0 Å². The van der Waals surface area contributed by atoms with E-state index < -0.39 is 0 Å². The Balaban J connectivity index is 1.65. The number of nitrogens with zero attached hydrogens (tertiary/aromatic N) is 1. The number of rotatable bonds is 6. The Hall–Kier alpha value is -1.75. The summed E-state index contributed by atoms with van der Waals surface area (Å²) < 4.78 is 15.9. The molecule has 1 saturated heterocycles. The zero-order valence-electron chi connectivity index (χ0n) is 14.0. The monoisotopic (exact) mass is 319 g/mol. The molecule has 1 atom stereocenters. The molecule has 3 rings (SSSR count). The molecule has 0 aliphatic carbocycles. The van der Waals surface area contributed by atoms with Crippen LogP contribution in [-0.4, -0.2) is 44.4 Å². The second kappa shape index (κ2) is 6.79. The van der Waals surface area contributed by atoms with Gasteiger partial charge in [0.1, 0.15) is 0 Å². The van der Waals surface area contributed by atoms with Crippen molar-refractivity contribution in [3.05, 3.63) is 23.8 Å². The Labute approximate surface area is 137 Å². The largest absolute Gasteiger partial charge is 0.454 e. The molecular weight excluding hydrogens is 294 g/mol. The molecule has 23 heavy (non-hydrogen) atoms. The number of piperidine rings is 1. The number of hydrogen-bond acceptors (Lipinski definition) is 4. The molecule has 0 unspecified atom stereocenters. The number of fused-ring (bicyclic) bond motifs is 1. The van der Waals surface area contributed by atoms with Crippen LogP contribution in [0.2, 0.25) is 0 Å². The molecular formula is C18H25NO4. The van der Waals surface area contributed by atoms with Crippen molar-refractivity contribution in [3.63, 3.8) is 0 Å². The standard InChI is InChI=1S/C18H25NO4/c1-18(7-6-17(20)19(12-18)8-3-9-21-2)11-14-4-5-15-16(10-14)23-13-22-15/h4-5,10H,3,6-9,11-13H2,1-2H3/t18-/m1/s1. The van der Waals surface area contributed by atoms with E-state index in [9.17, 15) is 4.79 Å². The van der Waals surface area contributed by atoms with Gasteiger partial charge in [-0.1, -0.05) is 13.0 Å². The fraction of sp³-hybridized carbons (Fsp3) is 0.611. The topological polar surface area (TPSA) is 48.0 Å². The summed E-state index contributed by atoms with van der Waals surface area (Å²) in [6, 6.07) is 6.15. The average Bonchev–Trinajstić information content (AvgIpc) is 2.99. The quantitative estimate of drug-likeness (QED) is 0.756. The second-order valence-corrected chi connectivity index (χ2v) is 6.84. The smallest absolute Gasteiger partial charge is 0.231 e. The van der Waals surface area contributed by atoms with Crippen LogP contribution in [-0.2, 0) is 16.0 Å². The maximum atomic E-state index is 12.1. The molecule has 1 fully saturated rings. The molecule has 2 aliphatic rings. The number of ether oxygens (including phenoxy) is 3. The van der Waals surface area contributed by atoms with Gasteiger partial charge in [-0.2, -0.15) is 0 Å². The predicted octanol–water partition coefficient (Wildman–Crippen LogP) is 2.62. The molecule has 126 valence electrons. The van der Waals surface area contributed by atoms with Crippen LogP contribution in [0, 0.1) is 5.41 Å². The van der Waals surface area contributed by atoms with Crippen molar-refractivity contribution < 1.29 is 19.0 Å². The van der Waals surface area contributed by atoms with E-state index in [-0.39, 0.29) is 11.3 Å². The Morgan fingerprint density at radius 1 is 1.30 bits per heavy atom. The van der Waals surface area contributed by atoms with Crippen molar-refractivity contribution in [3.8, 4) is 11.5 Å². The third-order valence-corrected chi connectivity index (χ3v) is 4.71. The summed E-state index contributed by atoms with van der Waals surface area (Å²) >= 11 is 0. The Morgan fingerprint density at radius 2 is 2.13 bits per heavy atom. The normalized spacial score (nSPS) is 23.4. The summed E-state index contributed by atoms with van der Waals surface area (Å²) in [7, 11) is 1.70. The predicted molar refractivity (Wildman–Crippen MR) is 86.7 cm³/mol. The summed E-state index contributed by atoms with van der Waals surface area (Å²) in [5, 5.41) is 0. The van der Waals surface area contributed by atoms with E-state index in [1.165, 1.54) is 5.56 Å². The molecule has 1 aromatic carbocycles. The van der Waals surface area contributed by atoms with Gasteiger partial charge in [0.15, 0.2) is 11.5 Å². The number of amides is 1. The average molecular weight is 319 g/mol. The van der Waals surface area contributed by atoms with E-state index in [0.717, 1.165) is 43.9 Å². The summed E-state index contributed by atoms with van der Waals surface area (Å²) in [5.41, 5.74) is 1.34. The van der Waals surface area contributed by atoms with Crippen molar-refractivity contribution in [2.75, 3.05) is 33.6 Å². The van der Waals surface area contributed by atoms with E-state index in [4.69, 9.17) is 14.2 Å². The molecule has 0 spiro atoms.